The Morgan fingerprint density at radius 1 is 1.19 bits per heavy atom. The summed E-state index contributed by atoms with van der Waals surface area (Å²) in [6.07, 6.45) is 3.62. The van der Waals surface area contributed by atoms with Crippen LogP contribution < -0.4 is 5.32 Å². The number of rotatable bonds is 5. The van der Waals surface area contributed by atoms with Gasteiger partial charge in [-0.3, -0.25) is 0 Å². The number of para-hydroxylation sites is 1. The molecular formula is C19H15BrN4O2. The summed E-state index contributed by atoms with van der Waals surface area (Å²) < 4.78 is 0.881. The number of aromatic nitrogens is 3. The fourth-order valence-electron chi connectivity index (χ4n) is 3.03. The predicted octanol–water partition coefficient (Wildman–Crippen LogP) is 3.98. The van der Waals surface area contributed by atoms with E-state index in [1.165, 1.54) is 6.33 Å². The number of H-pyrrole nitrogens is 1. The molecule has 3 N–H and O–H groups in total. The lowest BCUT2D eigenvalue weighted by atomic mass is 10.0. The molecule has 0 aliphatic rings. The van der Waals surface area contributed by atoms with Gasteiger partial charge in [0.05, 0.1) is 5.52 Å². The van der Waals surface area contributed by atoms with Crippen LogP contribution in [0, 0.1) is 0 Å². The average molecular weight is 411 g/mol. The number of hydrogen-bond acceptors (Lipinski definition) is 4. The molecule has 0 radical (unpaired) electrons. The fourth-order valence-corrected chi connectivity index (χ4v) is 3.39. The largest absolute Gasteiger partial charge is 0.480 e. The molecule has 4 rings (SSSR count). The van der Waals surface area contributed by atoms with Crippen molar-refractivity contribution in [3.05, 3.63) is 65.0 Å². The Morgan fingerprint density at radius 2 is 2.04 bits per heavy atom. The highest BCUT2D eigenvalue weighted by Gasteiger charge is 2.21. The standard InChI is InChI=1S/C19H15BrN4O2/c20-12-5-6-16-14(8-12)18(23-10-22-16)24-17(19(25)26)7-11-9-21-15-4-2-1-3-13(11)15/h1-6,8-10,17,21H,7H2,(H,25,26)(H,22,23,24). The predicted molar refractivity (Wildman–Crippen MR) is 104 cm³/mol. The average Bonchev–Trinajstić information content (AvgIpc) is 3.04. The van der Waals surface area contributed by atoms with Gasteiger partial charge < -0.3 is 15.4 Å². The van der Waals surface area contributed by atoms with Gasteiger partial charge in [-0.25, -0.2) is 14.8 Å². The Hall–Kier alpha value is -2.93. The van der Waals surface area contributed by atoms with Gasteiger partial charge in [0.25, 0.3) is 0 Å². The van der Waals surface area contributed by atoms with Gasteiger partial charge >= 0.3 is 5.97 Å². The van der Waals surface area contributed by atoms with Crippen molar-refractivity contribution >= 4 is 49.5 Å². The number of halogens is 1. The van der Waals surface area contributed by atoms with Crippen LogP contribution in [0.1, 0.15) is 5.56 Å². The van der Waals surface area contributed by atoms with E-state index in [0.29, 0.717) is 12.2 Å². The maximum Gasteiger partial charge on any atom is 0.326 e. The minimum absolute atomic E-state index is 0.332. The van der Waals surface area contributed by atoms with Gasteiger partial charge in [0.15, 0.2) is 0 Å². The van der Waals surface area contributed by atoms with Gasteiger partial charge in [0.1, 0.15) is 18.2 Å². The van der Waals surface area contributed by atoms with Gasteiger partial charge in [-0.05, 0) is 29.8 Å². The van der Waals surface area contributed by atoms with Gasteiger partial charge in [0.2, 0.25) is 0 Å². The second-order valence-corrected chi connectivity index (χ2v) is 6.90. The number of aromatic amines is 1. The number of hydrogen-bond donors (Lipinski definition) is 3. The molecule has 4 aromatic rings. The number of aliphatic carboxylic acids is 1. The summed E-state index contributed by atoms with van der Waals surface area (Å²) in [5, 5.41) is 14.6. The summed E-state index contributed by atoms with van der Waals surface area (Å²) in [5.41, 5.74) is 2.69. The Bertz CT molecular complexity index is 1110. The van der Waals surface area contributed by atoms with Crippen LogP contribution in [0.3, 0.4) is 0 Å². The van der Waals surface area contributed by atoms with Crippen LogP contribution in [0.15, 0.2) is 59.5 Å². The molecule has 0 saturated heterocycles. The van der Waals surface area contributed by atoms with Crippen LogP contribution in [-0.4, -0.2) is 32.1 Å². The third kappa shape index (κ3) is 3.13. The van der Waals surface area contributed by atoms with Crippen LogP contribution in [0.25, 0.3) is 21.8 Å². The van der Waals surface area contributed by atoms with Crippen LogP contribution in [0.5, 0.6) is 0 Å². The van der Waals surface area contributed by atoms with E-state index >= 15 is 0 Å². The number of nitrogens with one attached hydrogen (secondary N) is 2. The molecule has 6 nitrogen and oxygen atoms in total. The molecule has 26 heavy (non-hydrogen) atoms. The van der Waals surface area contributed by atoms with Crippen molar-refractivity contribution in [1.29, 1.82) is 0 Å². The lowest BCUT2D eigenvalue weighted by Gasteiger charge is -2.16. The van der Waals surface area contributed by atoms with Gasteiger partial charge in [-0.15, -0.1) is 0 Å². The number of carboxylic acids is 1. The maximum absolute atomic E-state index is 11.8. The van der Waals surface area contributed by atoms with Crippen LogP contribution >= 0.6 is 15.9 Å². The Kier molecular flexibility index (Phi) is 4.30. The van der Waals surface area contributed by atoms with Crippen LogP contribution in [0.4, 0.5) is 5.82 Å². The van der Waals surface area contributed by atoms with Crippen molar-refractivity contribution in [3.8, 4) is 0 Å². The molecule has 7 heteroatoms. The summed E-state index contributed by atoms with van der Waals surface area (Å²) in [6.45, 7) is 0. The van der Waals surface area contributed by atoms with E-state index in [4.69, 9.17) is 0 Å². The van der Waals surface area contributed by atoms with E-state index in [1.54, 1.807) is 0 Å². The van der Waals surface area contributed by atoms with Crippen molar-refractivity contribution in [2.75, 3.05) is 5.32 Å². The molecular weight excluding hydrogens is 396 g/mol. The van der Waals surface area contributed by atoms with E-state index < -0.39 is 12.0 Å². The molecule has 0 aliphatic heterocycles. The molecule has 2 heterocycles. The van der Waals surface area contributed by atoms with E-state index in [1.807, 2.05) is 48.7 Å². The van der Waals surface area contributed by atoms with Gasteiger partial charge in [0, 0.05) is 33.4 Å². The molecule has 130 valence electrons. The number of fused-ring (bicyclic) bond motifs is 2. The normalized spacial score (nSPS) is 12.3. The fraction of sp³-hybridized carbons (Fsp3) is 0.105. The highest BCUT2D eigenvalue weighted by Crippen LogP contribution is 2.25. The van der Waals surface area contributed by atoms with Crippen LogP contribution in [-0.2, 0) is 11.2 Å². The Balaban J connectivity index is 1.68. The lowest BCUT2D eigenvalue weighted by Crippen LogP contribution is -2.32. The smallest absolute Gasteiger partial charge is 0.326 e. The zero-order valence-corrected chi connectivity index (χ0v) is 15.2. The number of anilines is 1. The number of nitrogens with zero attached hydrogens (tertiary/aromatic N) is 2. The van der Waals surface area contributed by atoms with E-state index in [-0.39, 0.29) is 0 Å². The summed E-state index contributed by atoms with van der Waals surface area (Å²) >= 11 is 3.43. The molecule has 0 spiro atoms. The number of benzene rings is 2. The van der Waals surface area contributed by atoms with E-state index in [0.717, 1.165) is 31.8 Å². The molecule has 0 saturated carbocycles. The van der Waals surface area contributed by atoms with Crippen molar-refractivity contribution in [2.24, 2.45) is 0 Å². The van der Waals surface area contributed by atoms with Crippen molar-refractivity contribution in [1.82, 2.24) is 15.0 Å². The minimum atomic E-state index is -0.933. The first-order valence-corrected chi connectivity index (χ1v) is 8.86. The van der Waals surface area contributed by atoms with Crippen molar-refractivity contribution in [3.63, 3.8) is 0 Å². The number of carboxylic acid groups (broad SMARTS) is 1. The molecule has 0 aliphatic carbocycles. The first kappa shape index (κ1) is 16.5. The molecule has 1 atom stereocenters. The minimum Gasteiger partial charge on any atom is -0.480 e. The monoisotopic (exact) mass is 410 g/mol. The number of carbonyl (C=O) groups is 1. The highest BCUT2D eigenvalue weighted by atomic mass is 79.9. The second kappa shape index (κ2) is 6.76. The Morgan fingerprint density at radius 3 is 2.88 bits per heavy atom. The summed E-state index contributed by atoms with van der Waals surface area (Å²) in [6, 6.07) is 12.7. The first-order valence-electron chi connectivity index (χ1n) is 8.06. The molecule has 2 aromatic heterocycles. The SMILES string of the molecule is O=C(O)C(Cc1c[nH]c2ccccc12)Nc1ncnc2ccc(Br)cc12. The summed E-state index contributed by atoms with van der Waals surface area (Å²) in [7, 11) is 0. The molecule has 1 unspecified atom stereocenters. The zero-order valence-electron chi connectivity index (χ0n) is 13.6. The van der Waals surface area contributed by atoms with E-state index in [2.05, 4.69) is 36.2 Å². The van der Waals surface area contributed by atoms with Crippen LogP contribution in [0.2, 0.25) is 0 Å². The summed E-state index contributed by atoms with van der Waals surface area (Å²) in [5.74, 6) is -0.430. The van der Waals surface area contributed by atoms with Gasteiger partial charge in [-0.2, -0.15) is 0 Å². The molecule has 2 aromatic carbocycles. The van der Waals surface area contributed by atoms with Gasteiger partial charge in [-0.1, -0.05) is 34.1 Å². The molecule has 0 fully saturated rings. The summed E-state index contributed by atoms with van der Waals surface area (Å²) in [4.78, 5) is 23.5. The third-order valence-electron chi connectivity index (χ3n) is 4.31. The van der Waals surface area contributed by atoms with Crippen molar-refractivity contribution < 1.29 is 9.90 Å². The van der Waals surface area contributed by atoms with E-state index in [9.17, 15) is 9.90 Å². The van der Waals surface area contributed by atoms with Crippen molar-refractivity contribution in [2.45, 2.75) is 12.5 Å². The molecule has 0 amide bonds. The quantitative estimate of drug-likeness (QED) is 0.462. The zero-order chi connectivity index (χ0) is 18.1. The Labute approximate surface area is 157 Å². The second-order valence-electron chi connectivity index (χ2n) is 5.98. The lowest BCUT2D eigenvalue weighted by molar-refractivity contribution is -0.137. The highest BCUT2D eigenvalue weighted by molar-refractivity contribution is 9.10. The topological polar surface area (TPSA) is 90.9 Å². The first-order chi connectivity index (χ1) is 12.6. The third-order valence-corrected chi connectivity index (χ3v) is 4.80. The maximum atomic E-state index is 11.8. The molecule has 0 bridgehead atoms.